The van der Waals surface area contributed by atoms with Gasteiger partial charge >= 0.3 is 6.09 Å². The van der Waals surface area contributed by atoms with Gasteiger partial charge in [0.2, 0.25) is 5.96 Å². The first-order valence-corrected chi connectivity index (χ1v) is 10.4. The molecule has 2 N–H and O–H groups in total. The lowest BCUT2D eigenvalue weighted by atomic mass is 10.2. The van der Waals surface area contributed by atoms with Crippen LogP contribution < -0.4 is 10.6 Å². The van der Waals surface area contributed by atoms with E-state index in [9.17, 15) is 4.79 Å². The lowest BCUT2D eigenvalue weighted by molar-refractivity contribution is 0.0144. The molecular formula is C21H33N7O2. The molecule has 0 radical (unpaired) electrons. The number of ether oxygens (including phenoxy) is 1. The van der Waals surface area contributed by atoms with Crippen molar-refractivity contribution in [1.29, 1.82) is 5.26 Å². The van der Waals surface area contributed by atoms with Gasteiger partial charge in [0.05, 0.1) is 0 Å². The Morgan fingerprint density at radius 2 is 1.90 bits per heavy atom. The number of nitrogens with one attached hydrogen (secondary N) is 2. The minimum Gasteiger partial charge on any atom is -0.444 e. The van der Waals surface area contributed by atoms with Crippen LogP contribution in [0.5, 0.6) is 0 Å². The summed E-state index contributed by atoms with van der Waals surface area (Å²) >= 11 is 0. The van der Waals surface area contributed by atoms with Gasteiger partial charge in [-0.25, -0.2) is 4.79 Å². The number of nitrogens with zero attached hydrogens (tertiary/aromatic N) is 5. The van der Waals surface area contributed by atoms with E-state index in [1.165, 1.54) is 0 Å². The number of hydrogen-bond donors (Lipinski definition) is 2. The van der Waals surface area contributed by atoms with E-state index in [4.69, 9.17) is 10.00 Å². The number of guanidine groups is 1. The Bertz CT molecular complexity index is 717. The van der Waals surface area contributed by atoms with Gasteiger partial charge in [-0.05, 0) is 52.3 Å². The number of piperazine rings is 1. The van der Waals surface area contributed by atoms with Crippen LogP contribution in [0.15, 0.2) is 29.5 Å². The molecular weight excluding hydrogens is 382 g/mol. The van der Waals surface area contributed by atoms with Crippen LogP contribution in [-0.4, -0.2) is 71.7 Å². The maximum Gasteiger partial charge on any atom is 0.410 e. The van der Waals surface area contributed by atoms with Crippen LogP contribution in [0.4, 0.5) is 10.5 Å². The number of unbranched alkanes of at least 4 members (excludes halogenated alkanes) is 2. The predicted molar refractivity (Wildman–Crippen MR) is 117 cm³/mol. The zero-order valence-electron chi connectivity index (χ0n) is 18.2. The molecule has 0 saturated carbocycles. The quantitative estimate of drug-likeness (QED) is 0.232. The van der Waals surface area contributed by atoms with Gasteiger partial charge in [-0.2, -0.15) is 5.26 Å². The topological polar surface area (TPSA) is 106 Å². The second-order valence-electron chi connectivity index (χ2n) is 8.20. The Balaban J connectivity index is 1.61. The van der Waals surface area contributed by atoms with Crippen LogP contribution in [0.1, 0.15) is 40.0 Å². The first-order chi connectivity index (χ1) is 14.4. The summed E-state index contributed by atoms with van der Waals surface area (Å²) in [6, 6.07) is 3.63. The maximum atomic E-state index is 12.1. The lowest BCUT2D eigenvalue weighted by Crippen LogP contribution is -2.50. The molecule has 1 saturated heterocycles. The van der Waals surface area contributed by atoms with E-state index < -0.39 is 5.60 Å². The van der Waals surface area contributed by atoms with E-state index >= 15 is 0 Å². The lowest BCUT2D eigenvalue weighted by Gasteiger charge is -2.35. The molecule has 1 fully saturated rings. The fourth-order valence-corrected chi connectivity index (χ4v) is 3.03. The molecule has 164 valence electrons. The average molecular weight is 416 g/mol. The largest absolute Gasteiger partial charge is 0.444 e. The highest BCUT2D eigenvalue weighted by Crippen LogP contribution is 2.12. The van der Waals surface area contributed by atoms with Crippen molar-refractivity contribution in [2.24, 2.45) is 4.99 Å². The van der Waals surface area contributed by atoms with Crippen molar-refractivity contribution in [2.45, 2.75) is 45.6 Å². The Morgan fingerprint density at radius 1 is 1.20 bits per heavy atom. The minimum absolute atomic E-state index is 0.220. The number of carbonyl (C=O) groups excluding carboxylic acids is 1. The summed E-state index contributed by atoms with van der Waals surface area (Å²) in [7, 11) is 0. The van der Waals surface area contributed by atoms with Crippen LogP contribution in [0.2, 0.25) is 0 Å². The average Bonchev–Trinajstić information content (AvgIpc) is 2.70. The van der Waals surface area contributed by atoms with Crippen LogP contribution in [0, 0.1) is 11.5 Å². The second-order valence-corrected chi connectivity index (χ2v) is 8.20. The molecule has 1 amide bonds. The second kappa shape index (κ2) is 12.0. The van der Waals surface area contributed by atoms with E-state index in [2.05, 4.69) is 25.5 Å². The molecule has 0 aliphatic carbocycles. The van der Waals surface area contributed by atoms with Gasteiger partial charge in [-0.15, -0.1) is 0 Å². The number of aromatic nitrogens is 1. The smallest absolute Gasteiger partial charge is 0.410 e. The fourth-order valence-electron chi connectivity index (χ4n) is 3.03. The first kappa shape index (κ1) is 23.4. The molecule has 1 aliphatic rings. The van der Waals surface area contributed by atoms with Crippen LogP contribution in [0.25, 0.3) is 0 Å². The summed E-state index contributed by atoms with van der Waals surface area (Å²) in [5.41, 5.74) is 0.379. The van der Waals surface area contributed by atoms with Crippen molar-refractivity contribution < 1.29 is 9.53 Å². The molecule has 0 bridgehead atoms. The fraction of sp³-hybridized carbons (Fsp3) is 0.619. The van der Waals surface area contributed by atoms with Gasteiger partial charge in [0.15, 0.2) is 6.19 Å². The molecule has 1 aliphatic heterocycles. The molecule has 30 heavy (non-hydrogen) atoms. The summed E-state index contributed by atoms with van der Waals surface area (Å²) in [5.74, 6) is 0.446. The van der Waals surface area contributed by atoms with Crippen molar-refractivity contribution >= 4 is 17.7 Å². The summed E-state index contributed by atoms with van der Waals surface area (Å²) < 4.78 is 5.43. The molecule has 0 atom stereocenters. The highest BCUT2D eigenvalue weighted by molar-refractivity contribution is 5.94. The van der Waals surface area contributed by atoms with E-state index in [1.54, 1.807) is 17.3 Å². The molecule has 9 heteroatoms. The molecule has 2 heterocycles. The van der Waals surface area contributed by atoms with Crippen molar-refractivity contribution in [3.8, 4) is 6.19 Å². The number of rotatable bonds is 7. The van der Waals surface area contributed by atoms with E-state index in [0.29, 0.717) is 25.6 Å². The number of aliphatic imine (C=N–C) groups is 1. The standard InChI is InChI=1S/C21H33N7O2/c1-21(2,3)30-20(29)28-15-13-27(14-16-28)12-6-4-5-9-24-19(25-17-22)26-18-7-10-23-11-8-18/h7-8,10-11H,4-6,9,12-16H2,1-3H3,(H2,23,24,25,26). The number of pyridine rings is 1. The minimum atomic E-state index is -0.451. The molecule has 1 aromatic rings. The summed E-state index contributed by atoms with van der Waals surface area (Å²) in [6.07, 6.45) is 8.14. The van der Waals surface area contributed by atoms with Crippen molar-refractivity contribution in [1.82, 2.24) is 20.1 Å². The molecule has 1 aromatic heterocycles. The summed E-state index contributed by atoms with van der Waals surface area (Å²) in [6.45, 7) is 10.5. The van der Waals surface area contributed by atoms with Gasteiger partial charge in [-0.3, -0.25) is 20.2 Å². The highest BCUT2D eigenvalue weighted by Gasteiger charge is 2.25. The van der Waals surface area contributed by atoms with Gasteiger partial charge in [0, 0.05) is 50.8 Å². The number of anilines is 1. The molecule has 0 spiro atoms. The van der Waals surface area contributed by atoms with Crippen molar-refractivity contribution in [3.05, 3.63) is 24.5 Å². The summed E-state index contributed by atoms with van der Waals surface area (Å²) in [5, 5.41) is 14.5. The van der Waals surface area contributed by atoms with E-state index in [0.717, 1.165) is 44.6 Å². The molecule has 0 aromatic carbocycles. The Labute approximate surface area is 179 Å². The van der Waals surface area contributed by atoms with Gasteiger partial charge in [0.1, 0.15) is 5.60 Å². The number of hydrogen-bond acceptors (Lipinski definition) is 6. The first-order valence-electron chi connectivity index (χ1n) is 10.4. The Hall–Kier alpha value is -2.86. The Morgan fingerprint density at radius 3 is 2.53 bits per heavy atom. The molecule has 2 rings (SSSR count). The monoisotopic (exact) mass is 415 g/mol. The van der Waals surface area contributed by atoms with Crippen LogP contribution in [-0.2, 0) is 4.74 Å². The van der Waals surface area contributed by atoms with Crippen molar-refractivity contribution in [2.75, 3.05) is 44.6 Å². The maximum absolute atomic E-state index is 12.1. The zero-order valence-corrected chi connectivity index (χ0v) is 18.2. The van der Waals surface area contributed by atoms with Crippen molar-refractivity contribution in [3.63, 3.8) is 0 Å². The van der Waals surface area contributed by atoms with Gasteiger partial charge in [0.25, 0.3) is 0 Å². The Kier molecular flexibility index (Phi) is 9.35. The highest BCUT2D eigenvalue weighted by atomic mass is 16.6. The predicted octanol–water partition coefficient (Wildman–Crippen LogP) is 2.64. The third-order valence-electron chi connectivity index (χ3n) is 4.54. The number of amides is 1. The molecule has 0 unspecified atom stereocenters. The number of nitriles is 1. The van der Waals surface area contributed by atoms with Gasteiger partial charge < -0.3 is 15.0 Å². The normalized spacial score (nSPS) is 15.4. The summed E-state index contributed by atoms with van der Waals surface area (Å²) in [4.78, 5) is 24.7. The van der Waals surface area contributed by atoms with E-state index in [-0.39, 0.29) is 6.09 Å². The van der Waals surface area contributed by atoms with E-state index in [1.807, 2.05) is 39.1 Å². The third-order valence-corrected chi connectivity index (χ3v) is 4.54. The van der Waals surface area contributed by atoms with Crippen LogP contribution >= 0.6 is 0 Å². The molecule has 9 nitrogen and oxygen atoms in total. The zero-order chi connectivity index (χ0) is 21.8. The van der Waals surface area contributed by atoms with Gasteiger partial charge in [-0.1, -0.05) is 6.42 Å². The number of carbonyl (C=O) groups is 1. The van der Waals surface area contributed by atoms with Crippen LogP contribution in [0.3, 0.4) is 0 Å². The third kappa shape index (κ3) is 9.09. The SMILES string of the molecule is CC(C)(C)OC(=O)N1CCN(CCCCCN=C(NC#N)Nc2ccncc2)CC1.